The molecule has 0 atom stereocenters. The van der Waals surface area contributed by atoms with Crippen LogP contribution in [0.1, 0.15) is 19.8 Å². The number of amides is 1. The number of halogens is 1. The number of nitrogens with one attached hydrogen (secondary N) is 1. The summed E-state index contributed by atoms with van der Waals surface area (Å²) in [6, 6.07) is 14.8. The lowest BCUT2D eigenvalue weighted by Gasteiger charge is -2.16. The highest BCUT2D eigenvalue weighted by molar-refractivity contribution is 7.71. The van der Waals surface area contributed by atoms with Crippen LogP contribution in [0, 0.1) is 4.77 Å². The molecule has 32 heavy (non-hydrogen) atoms. The van der Waals surface area contributed by atoms with E-state index in [0.717, 1.165) is 36.5 Å². The van der Waals surface area contributed by atoms with Gasteiger partial charge in [-0.15, -0.1) is 0 Å². The number of unbranched alkanes of at least 4 members (excludes halogenated alkanes) is 1. The molecule has 1 aromatic heterocycles. The zero-order valence-corrected chi connectivity index (χ0v) is 20.1. The molecular weight excluding hydrogens is 446 g/mol. The van der Waals surface area contributed by atoms with Crippen LogP contribution in [-0.2, 0) is 18.0 Å². The number of carbonyl (C=O) groups excluding carboxylic acids is 1. The average Bonchev–Trinajstić information content (AvgIpc) is 3.08. The molecular formula is C23H28ClN5O2S. The lowest BCUT2D eigenvalue weighted by molar-refractivity contribution is -0.117. The number of hydrogen-bond acceptors (Lipinski definition) is 5. The topological polar surface area (TPSA) is 64.3 Å². The third-order valence-corrected chi connectivity index (χ3v) is 5.61. The molecule has 0 fully saturated rings. The standard InChI is InChI=1S/C23H28ClN5O2S/c1-4-5-14-28-22(17-6-12-20(31-3)13-7-17)26-29(23(28)32)16-27(2)15-21(30)25-19-10-8-18(24)9-11-19/h6-13H,4-5,14-16H2,1-3H3,(H,25,30). The van der Waals surface area contributed by atoms with Crippen LogP contribution >= 0.6 is 23.8 Å². The number of aromatic nitrogens is 3. The van der Waals surface area contributed by atoms with Crippen molar-refractivity contribution in [3.8, 4) is 17.1 Å². The molecule has 0 saturated carbocycles. The molecule has 2 aromatic carbocycles. The van der Waals surface area contributed by atoms with Gasteiger partial charge in [0.15, 0.2) is 10.6 Å². The largest absolute Gasteiger partial charge is 0.497 e. The summed E-state index contributed by atoms with van der Waals surface area (Å²) in [7, 11) is 3.51. The molecule has 0 spiro atoms. The predicted octanol–water partition coefficient (Wildman–Crippen LogP) is 5.07. The van der Waals surface area contributed by atoms with E-state index in [0.29, 0.717) is 22.1 Å². The van der Waals surface area contributed by atoms with Gasteiger partial charge in [-0.05, 0) is 74.2 Å². The van der Waals surface area contributed by atoms with Crippen LogP contribution in [0.15, 0.2) is 48.5 Å². The van der Waals surface area contributed by atoms with Crippen LogP contribution in [0.5, 0.6) is 5.75 Å². The zero-order valence-electron chi connectivity index (χ0n) is 18.5. The van der Waals surface area contributed by atoms with Crippen molar-refractivity contribution in [2.45, 2.75) is 33.0 Å². The van der Waals surface area contributed by atoms with E-state index in [1.165, 1.54) is 0 Å². The Bertz CT molecular complexity index is 1090. The first-order chi connectivity index (χ1) is 15.4. The first-order valence-corrected chi connectivity index (χ1v) is 11.3. The molecule has 0 bridgehead atoms. The highest BCUT2D eigenvalue weighted by Gasteiger charge is 2.15. The van der Waals surface area contributed by atoms with Crippen molar-refractivity contribution in [1.82, 2.24) is 19.2 Å². The number of nitrogens with zero attached hydrogens (tertiary/aromatic N) is 4. The maximum Gasteiger partial charge on any atom is 0.238 e. The van der Waals surface area contributed by atoms with E-state index < -0.39 is 0 Å². The van der Waals surface area contributed by atoms with Crippen LogP contribution in [0.4, 0.5) is 5.69 Å². The van der Waals surface area contributed by atoms with Crippen LogP contribution in [0.2, 0.25) is 5.02 Å². The summed E-state index contributed by atoms with van der Waals surface area (Å²) in [4.78, 5) is 14.3. The van der Waals surface area contributed by atoms with Gasteiger partial charge in [0.05, 0.1) is 20.3 Å². The van der Waals surface area contributed by atoms with Crippen LogP contribution in [-0.4, -0.2) is 45.9 Å². The molecule has 3 aromatic rings. The van der Waals surface area contributed by atoms with Crippen molar-refractivity contribution in [2.75, 3.05) is 26.0 Å². The summed E-state index contributed by atoms with van der Waals surface area (Å²) >= 11 is 11.6. The van der Waals surface area contributed by atoms with Gasteiger partial charge in [0.25, 0.3) is 0 Å². The van der Waals surface area contributed by atoms with Crippen molar-refractivity contribution < 1.29 is 9.53 Å². The van der Waals surface area contributed by atoms with E-state index in [2.05, 4.69) is 16.8 Å². The van der Waals surface area contributed by atoms with E-state index in [1.807, 2.05) is 36.2 Å². The Labute approximate surface area is 198 Å². The summed E-state index contributed by atoms with van der Waals surface area (Å²) in [5, 5.41) is 8.27. The second-order valence-corrected chi connectivity index (χ2v) is 8.35. The normalized spacial score (nSPS) is 11.0. The molecule has 3 rings (SSSR count). The molecule has 0 radical (unpaired) electrons. The Kier molecular flexibility index (Phi) is 8.44. The molecule has 0 unspecified atom stereocenters. The number of rotatable bonds is 10. The average molecular weight is 474 g/mol. The maximum atomic E-state index is 12.4. The maximum absolute atomic E-state index is 12.4. The van der Waals surface area contributed by atoms with Gasteiger partial charge in [0, 0.05) is 22.8 Å². The minimum Gasteiger partial charge on any atom is -0.497 e. The molecule has 0 aliphatic heterocycles. The minimum atomic E-state index is -0.123. The van der Waals surface area contributed by atoms with E-state index in [9.17, 15) is 4.79 Å². The number of ether oxygens (including phenoxy) is 1. The number of methoxy groups -OCH3 is 1. The Hall–Kier alpha value is -2.68. The SMILES string of the molecule is CCCCn1c(-c2ccc(OC)cc2)nn(CN(C)CC(=O)Nc2ccc(Cl)cc2)c1=S. The van der Waals surface area contributed by atoms with Crippen molar-refractivity contribution in [3.05, 3.63) is 58.3 Å². The highest BCUT2D eigenvalue weighted by Crippen LogP contribution is 2.22. The van der Waals surface area contributed by atoms with E-state index in [1.54, 1.807) is 36.1 Å². The van der Waals surface area contributed by atoms with E-state index in [-0.39, 0.29) is 12.5 Å². The van der Waals surface area contributed by atoms with E-state index in [4.69, 9.17) is 33.7 Å². The second-order valence-electron chi connectivity index (χ2n) is 7.55. The highest BCUT2D eigenvalue weighted by atomic mass is 35.5. The van der Waals surface area contributed by atoms with Gasteiger partial charge in [-0.3, -0.25) is 14.3 Å². The molecule has 0 aliphatic rings. The van der Waals surface area contributed by atoms with Gasteiger partial charge in [-0.2, -0.15) is 5.10 Å². The molecule has 9 heteroatoms. The van der Waals surface area contributed by atoms with Crippen molar-refractivity contribution in [3.63, 3.8) is 0 Å². The number of carbonyl (C=O) groups is 1. The number of hydrogen-bond donors (Lipinski definition) is 1. The van der Waals surface area contributed by atoms with Gasteiger partial charge in [0.2, 0.25) is 5.91 Å². The van der Waals surface area contributed by atoms with Gasteiger partial charge < -0.3 is 10.1 Å². The molecule has 7 nitrogen and oxygen atoms in total. The van der Waals surface area contributed by atoms with Crippen LogP contribution in [0.3, 0.4) is 0 Å². The lowest BCUT2D eigenvalue weighted by atomic mass is 10.2. The molecule has 170 valence electrons. The fraction of sp³-hybridized carbons (Fsp3) is 0.348. The molecule has 0 aliphatic carbocycles. The third kappa shape index (κ3) is 6.18. The lowest BCUT2D eigenvalue weighted by Crippen LogP contribution is -2.32. The predicted molar refractivity (Wildman–Crippen MR) is 131 cm³/mol. The zero-order chi connectivity index (χ0) is 23.1. The first-order valence-electron chi connectivity index (χ1n) is 10.5. The number of anilines is 1. The first kappa shape index (κ1) is 24.0. The van der Waals surface area contributed by atoms with Crippen LogP contribution in [0.25, 0.3) is 11.4 Å². The van der Waals surface area contributed by atoms with Crippen LogP contribution < -0.4 is 10.1 Å². The Morgan fingerprint density at radius 3 is 2.50 bits per heavy atom. The fourth-order valence-electron chi connectivity index (χ4n) is 3.26. The Morgan fingerprint density at radius 1 is 1.19 bits per heavy atom. The third-order valence-electron chi connectivity index (χ3n) is 4.92. The van der Waals surface area contributed by atoms with Gasteiger partial charge in [-0.1, -0.05) is 24.9 Å². The van der Waals surface area contributed by atoms with Gasteiger partial charge in [-0.25, -0.2) is 4.68 Å². The second kappa shape index (κ2) is 11.3. The van der Waals surface area contributed by atoms with Crippen molar-refractivity contribution in [2.24, 2.45) is 0 Å². The number of likely N-dealkylation sites (N-methyl/N-ethyl adjacent to an activating group) is 1. The summed E-state index contributed by atoms with van der Waals surface area (Å²) in [6.07, 6.45) is 2.06. The Balaban J connectivity index is 1.74. The fourth-order valence-corrected chi connectivity index (χ4v) is 3.66. The van der Waals surface area contributed by atoms with Gasteiger partial charge in [0.1, 0.15) is 5.75 Å². The summed E-state index contributed by atoms with van der Waals surface area (Å²) < 4.78 is 9.72. The molecule has 1 N–H and O–H groups in total. The molecule has 1 amide bonds. The molecule has 0 saturated heterocycles. The minimum absolute atomic E-state index is 0.123. The monoisotopic (exact) mass is 473 g/mol. The van der Waals surface area contributed by atoms with Crippen molar-refractivity contribution >= 4 is 35.4 Å². The van der Waals surface area contributed by atoms with Crippen molar-refractivity contribution in [1.29, 1.82) is 0 Å². The summed E-state index contributed by atoms with van der Waals surface area (Å²) in [5.41, 5.74) is 1.67. The molecule has 1 heterocycles. The summed E-state index contributed by atoms with van der Waals surface area (Å²) in [5.74, 6) is 1.48. The Morgan fingerprint density at radius 2 is 1.88 bits per heavy atom. The smallest absolute Gasteiger partial charge is 0.238 e. The summed E-state index contributed by atoms with van der Waals surface area (Å²) in [6.45, 7) is 3.53. The quantitative estimate of drug-likeness (QED) is 0.416. The number of benzene rings is 2. The van der Waals surface area contributed by atoms with E-state index >= 15 is 0 Å². The van der Waals surface area contributed by atoms with Gasteiger partial charge >= 0.3 is 0 Å².